The van der Waals surface area contributed by atoms with Crippen LogP contribution in [-0.4, -0.2) is 41.8 Å². The number of carbonyl (C=O) groups is 1. The Bertz CT molecular complexity index is 220. The van der Waals surface area contributed by atoms with E-state index in [1.54, 1.807) is 0 Å². The van der Waals surface area contributed by atoms with Crippen LogP contribution in [0.25, 0.3) is 0 Å². The topological polar surface area (TPSA) is 52.6 Å². The zero-order valence-corrected chi connectivity index (χ0v) is 8.41. The van der Waals surface area contributed by atoms with Crippen LogP contribution in [-0.2, 0) is 0 Å². The lowest BCUT2D eigenvalue weighted by Gasteiger charge is -2.38. The Morgan fingerprint density at radius 2 is 2.36 bits per heavy atom. The molecule has 0 aromatic heterocycles. The number of rotatable bonds is 3. The van der Waals surface area contributed by atoms with Crippen molar-refractivity contribution in [3.8, 4) is 0 Å². The molecule has 0 radical (unpaired) electrons. The summed E-state index contributed by atoms with van der Waals surface area (Å²) < 4.78 is 0. The number of aliphatic hydroxyl groups is 1. The van der Waals surface area contributed by atoms with Crippen LogP contribution >= 0.6 is 0 Å². The molecule has 1 aliphatic carbocycles. The molecule has 2 N–H and O–H groups in total. The van der Waals surface area contributed by atoms with Gasteiger partial charge in [0.1, 0.15) is 0 Å². The number of nitrogens with zero attached hydrogens (tertiary/aromatic N) is 1. The highest BCUT2D eigenvalue weighted by atomic mass is 16.3. The fraction of sp³-hybridized carbons (Fsp3) is 0.900. The van der Waals surface area contributed by atoms with E-state index in [1.165, 1.54) is 12.8 Å². The summed E-state index contributed by atoms with van der Waals surface area (Å²) in [5, 5.41) is 11.7. The van der Waals surface area contributed by atoms with Crippen LogP contribution in [0.4, 0.5) is 4.79 Å². The molecule has 0 spiro atoms. The van der Waals surface area contributed by atoms with Crippen LogP contribution in [0.1, 0.15) is 25.7 Å². The number of hydrogen-bond donors (Lipinski definition) is 2. The third-order valence-corrected chi connectivity index (χ3v) is 3.35. The molecule has 1 aliphatic heterocycles. The monoisotopic (exact) mass is 198 g/mol. The number of urea groups is 1. The van der Waals surface area contributed by atoms with Crippen molar-refractivity contribution < 1.29 is 9.90 Å². The van der Waals surface area contributed by atoms with Gasteiger partial charge in [0.15, 0.2) is 0 Å². The minimum atomic E-state index is 0.0570. The number of fused-ring (bicyclic) bond motifs is 1. The van der Waals surface area contributed by atoms with E-state index in [-0.39, 0.29) is 12.6 Å². The Morgan fingerprint density at radius 1 is 1.50 bits per heavy atom. The van der Waals surface area contributed by atoms with Crippen LogP contribution in [0.2, 0.25) is 0 Å². The van der Waals surface area contributed by atoms with Crippen molar-refractivity contribution >= 4 is 6.03 Å². The van der Waals surface area contributed by atoms with Gasteiger partial charge in [-0.3, -0.25) is 0 Å². The summed E-state index contributed by atoms with van der Waals surface area (Å²) in [6.07, 6.45) is 4.31. The Balaban J connectivity index is 1.98. The molecular formula is C10H18N2O2. The molecule has 14 heavy (non-hydrogen) atoms. The third-order valence-electron chi connectivity index (χ3n) is 3.35. The number of aliphatic hydroxyl groups excluding tert-OH is 1. The molecule has 0 bridgehead atoms. The van der Waals surface area contributed by atoms with E-state index in [0.29, 0.717) is 24.9 Å². The lowest BCUT2D eigenvalue weighted by atomic mass is 10.00. The van der Waals surface area contributed by atoms with Crippen molar-refractivity contribution in [1.82, 2.24) is 10.2 Å². The molecular weight excluding hydrogens is 180 g/mol. The Labute approximate surface area is 84.3 Å². The van der Waals surface area contributed by atoms with Crippen molar-refractivity contribution in [2.75, 3.05) is 19.7 Å². The number of amides is 2. The predicted molar refractivity (Wildman–Crippen MR) is 52.9 cm³/mol. The normalized spacial score (nSPS) is 31.5. The molecule has 4 nitrogen and oxygen atoms in total. The fourth-order valence-corrected chi connectivity index (χ4v) is 2.64. The van der Waals surface area contributed by atoms with Gasteiger partial charge in [0.2, 0.25) is 0 Å². The van der Waals surface area contributed by atoms with Gasteiger partial charge in [-0.25, -0.2) is 4.79 Å². The second-order valence-electron chi connectivity index (χ2n) is 4.21. The molecule has 1 heterocycles. The van der Waals surface area contributed by atoms with E-state index < -0.39 is 0 Å². The third kappa shape index (κ3) is 1.71. The average molecular weight is 198 g/mol. The van der Waals surface area contributed by atoms with Crippen LogP contribution in [0, 0.1) is 5.92 Å². The average Bonchev–Trinajstić information content (AvgIpc) is 2.64. The minimum absolute atomic E-state index is 0.0570. The van der Waals surface area contributed by atoms with E-state index in [1.807, 2.05) is 4.90 Å². The van der Waals surface area contributed by atoms with E-state index >= 15 is 0 Å². The summed E-state index contributed by atoms with van der Waals surface area (Å²) in [4.78, 5) is 13.5. The molecule has 0 aromatic rings. The molecule has 1 saturated carbocycles. The molecule has 2 rings (SSSR count). The van der Waals surface area contributed by atoms with Gasteiger partial charge in [0.05, 0.1) is 0 Å². The van der Waals surface area contributed by atoms with Gasteiger partial charge in [-0.15, -0.1) is 0 Å². The fourth-order valence-electron chi connectivity index (χ4n) is 2.64. The second kappa shape index (κ2) is 4.17. The number of nitrogens with one attached hydrogen (secondary N) is 1. The molecule has 2 atom stereocenters. The Hall–Kier alpha value is -0.770. The van der Waals surface area contributed by atoms with Crippen molar-refractivity contribution in [1.29, 1.82) is 0 Å². The van der Waals surface area contributed by atoms with E-state index in [4.69, 9.17) is 5.11 Å². The van der Waals surface area contributed by atoms with Gasteiger partial charge in [0, 0.05) is 25.7 Å². The highest BCUT2D eigenvalue weighted by molar-refractivity contribution is 5.75. The lowest BCUT2D eigenvalue weighted by molar-refractivity contribution is 0.127. The predicted octanol–water partition coefficient (Wildman–Crippen LogP) is 0.563. The van der Waals surface area contributed by atoms with E-state index in [9.17, 15) is 4.79 Å². The molecule has 2 aliphatic rings. The van der Waals surface area contributed by atoms with Gasteiger partial charge in [0.25, 0.3) is 0 Å². The maximum absolute atomic E-state index is 11.6. The zero-order chi connectivity index (χ0) is 9.97. The van der Waals surface area contributed by atoms with Crippen LogP contribution in [0.15, 0.2) is 0 Å². The van der Waals surface area contributed by atoms with Crippen molar-refractivity contribution in [3.63, 3.8) is 0 Å². The van der Waals surface area contributed by atoms with Gasteiger partial charge < -0.3 is 15.3 Å². The Kier molecular flexibility index (Phi) is 2.91. The SMILES string of the molecule is O=C1NCC2CCCC2N1CCCO. The highest BCUT2D eigenvalue weighted by Gasteiger charge is 2.37. The van der Waals surface area contributed by atoms with Gasteiger partial charge in [-0.1, -0.05) is 6.42 Å². The summed E-state index contributed by atoms with van der Waals surface area (Å²) in [6.45, 7) is 1.71. The molecule has 2 fully saturated rings. The van der Waals surface area contributed by atoms with E-state index in [0.717, 1.165) is 13.0 Å². The first kappa shape index (κ1) is 9.77. The van der Waals surface area contributed by atoms with Crippen molar-refractivity contribution in [2.45, 2.75) is 31.7 Å². The summed E-state index contributed by atoms with van der Waals surface area (Å²) >= 11 is 0. The molecule has 2 unspecified atom stereocenters. The van der Waals surface area contributed by atoms with Crippen LogP contribution < -0.4 is 5.32 Å². The van der Waals surface area contributed by atoms with Gasteiger partial charge in [-0.05, 0) is 25.2 Å². The zero-order valence-electron chi connectivity index (χ0n) is 8.41. The standard InChI is InChI=1S/C10H18N2O2/c13-6-2-5-12-9-4-1-3-8(9)7-11-10(12)14/h8-9,13H,1-7H2,(H,11,14). The summed E-state index contributed by atoms with van der Waals surface area (Å²) in [6, 6.07) is 0.497. The molecule has 4 heteroatoms. The molecule has 2 amide bonds. The maximum Gasteiger partial charge on any atom is 0.317 e. The smallest absolute Gasteiger partial charge is 0.317 e. The number of hydrogen-bond acceptors (Lipinski definition) is 2. The largest absolute Gasteiger partial charge is 0.396 e. The second-order valence-corrected chi connectivity index (χ2v) is 4.21. The lowest BCUT2D eigenvalue weighted by Crippen LogP contribution is -2.55. The van der Waals surface area contributed by atoms with Crippen molar-refractivity contribution in [2.24, 2.45) is 5.92 Å². The van der Waals surface area contributed by atoms with Crippen LogP contribution in [0.5, 0.6) is 0 Å². The minimum Gasteiger partial charge on any atom is -0.396 e. The Morgan fingerprint density at radius 3 is 3.14 bits per heavy atom. The molecule has 0 aromatic carbocycles. The van der Waals surface area contributed by atoms with Gasteiger partial charge in [-0.2, -0.15) is 0 Å². The quantitative estimate of drug-likeness (QED) is 0.696. The number of carbonyl (C=O) groups excluding carboxylic acids is 1. The summed E-state index contributed by atoms with van der Waals surface area (Å²) in [5.41, 5.74) is 0. The van der Waals surface area contributed by atoms with Crippen LogP contribution in [0.3, 0.4) is 0 Å². The first-order valence-corrected chi connectivity index (χ1v) is 5.48. The maximum atomic E-state index is 11.6. The first-order chi connectivity index (χ1) is 6.83. The van der Waals surface area contributed by atoms with E-state index in [2.05, 4.69) is 5.32 Å². The highest BCUT2D eigenvalue weighted by Crippen LogP contribution is 2.31. The molecule has 80 valence electrons. The summed E-state index contributed by atoms with van der Waals surface area (Å²) in [5.74, 6) is 0.645. The summed E-state index contributed by atoms with van der Waals surface area (Å²) in [7, 11) is 0. The van der Waals surface area contributed by atoms with Crippen molar-refractivity contribution in [3.05, 3.63) is 0 Å². The first-order valence-electron chi connectivity index (χ1n) is 5.48. The van der Waals surface area contributed by atoms with Gasteiger partial charge >= 0.3 is 6.03 Å². The molecule has 1 saturated heterocycles.